The fraction of sp³-hybridized carbons (Fsp3) is 0.333. The average molecular weight is 398 g/mol. The summed E-state index contributed by atoms with van der Waals surface area (Å²) in [4.78, 5) is 8.46. The number of nitrogen functional groups attached to an aromatic ring is 1. The van der Waals surface area contributed by atoms with Crippen LogP contribution in [0.15, 0.2) is 36.7 Å². The zero-order valence-corrected chi connectivity index (χ0v) is 16.2. The molecule has 7 nitrogen and oxygen atoms in total. The highest BCUT2D eigenvalue weighted by Gasteiger charge is 2.17. The van der Waals surface area contributed by atoms with E-state index in [4.69, 9.17) is 19.9 Å². The summed E-state index contributed by atoms with van der Waals surface area (Å²) < 4.78 is 31.3. The molecular weight excluding hydrogens is 375 g/mol. The molecule has 0 atom stereocenters. The van der Waals surface area contributed by atoms with E-state index < -0.39 is 5.82 Å². The normalized spacial score (nSPS) is 14.7. The lowest BCUT2D eigenvalue weighted by molar-refractivity contribution is 0.208. The second-order valence-corrected chi connectivity index (χ2v) is 7.00. The number of anilines is 1. The molecule has 3 aromatic rings. The Balaban J connectivity index is 1.62. The van der Waals surface area contributed by atoms with Gasteiger partial charge in [0.05, 0.1) is 24.6 Å². The number of nitrogens with one attached hydrogen (secondary N) is 1. The van der Waals surface area contributed by atoms with Gasteiger partial charge in [-0.2, -0.15) is 0 Å². The Morgan fingerprint density at radius 3 is 2.69 bits per heavy atom. The first-order valence-electron chi connectivity index (χ1n) is 9.53. The topological polar surface area (TPSA) is 91.5 Å². The predicted octanol–water partition coefficient (Wildman–Crippen LogP) is 3.53. The monoisotopic (exact) mass is 398 g/mol. The van der Waals surface area contributed by atoms with E-state index in [1.165, 1.54) is 18.5 Å². The molecule has 152 valence electrons. The van der Waals surface area contributed by atoms with Gasteiger partial charge in [-0.25, -0.2) is 14.4 Å². The quantitative estimate of drug-likeness (QED) is 0.614. The zero-order chi connectivity index (χ0) is 20.2. The van der Waals surface area contributed by atoms with Crippen molar-refractivity contribution in [2.75, 3.05) is 32.5 Å². The maximum absolute atomic E-state index is 14.1. The molecule has 3 N–H and O–H groups in total. The van der Waals surface area contributed by atoms with Crippen LogP contribution in [-0.2, 0) is 0 Å². The molecule has 2 aromatic carbocycles. The highest BCUT2D eigenvalue weighted by Crippen LogP contribution is 2.37. The maximum Gasteiger partial charge on any atom is 0.230 e. The van der Waals surface area contributed by atoms with Crippen molar-refractivity contribution in [3.05, 3.63) is 42.5 Å². The predicted molar refractivity (Wildman–Crippen MR) is 108 cm³/mol. The lowest BCUT2D eigenvalue weighted by Gasteiger charge is -2.23. The molecule has 0 unspecified atom stereocenters. The van der Waals surface area contributed by atoms with Gasteiger partial charge in [-0.05, 0) is 50.0 Å². The summed E-state index contributed by atoms with van der Waals surface area (Å²) in [6.07, 6.45) is 3.54. The molecule has 1 fully saturated rings. The highest BCUT2D eigenvalue weighted by molar-refractivity contribution is 5.87. The van der Waals surface area contributed by atoms with Gasteiger partial charge in [-0.15, -0.1) is 0 Å². The van der Waals surface area contributed by atoms with Gasteiger partial charge in [0.15, 0.2) is 23.1 Å². The van der Waals surface area contributed by atoms with E-state index in [1.54, 1.807) is 25.3 Å². The molecule has 1 saturated heterocycles. The Kier molecular flexibility index (Phi) is 5.62. The van der Waals surface area contributed by atoms with Crippen LogP contribution in [0.5, 0.6) is 23.1 Å². The van der Waals surface area contributed by atoms with E-state index in [1.807, 2.05) is 0 Å². The smallest absolute Gasteiger partial charge is 0.230 e. The fourth-order valence-corrected chi connectivity index (χ4v) is 3.35. The lowest BCUT2D eigenvalue weighted by Crippen LogP contribution is -2.30. The van der Waals surface area contributed by atoms with Gasteiger partial charge in [0.2, 0.25) is 5.88 Å². The molecule has 4 rings (SSSR count). The molecule has 1 aliphatic rings. The van der Waals surface area contributed by atoms with Crippen molar-refractivity contribution in [1.29, 1.82) is 0 Å². The number of hydrogen-bond acceptors (Lipinski definition) is 7. The van der Waals surface area contributed by atoms with Crippen molar-refractivity contribution in [3.8, 4) is 23.1 Å². The second kappa shape index (κ2) is 8.48. The molecular formula is C21H23FN4O3. The first-order chi connectivity index (χ1) is 14.1. The van der Waals surface area contributed by atoms with E-state index in [0.717, 1.165) is 25.9 Å². The molecule has 8 heteroatoms. The highest BCUT2D eigenvalue weighted by atomic mass is 19.1. The van der Waals surface area contributed by atoms with Crippen LogP contribution in [-0.4, -0.2) is 36.8 Å². The zero-order valence-electron chi connectivity index (χ0n) is 16.2. The van der Waals surface area contributed by atoms with Crippen LogP contribution in [0.4, 0.5) is 10.1 Å². The number of rotatable bonds is 6. The van der Waals surface area contributed by atoms with Crippen LogP contribution in [0.3, 0.4) is 0 Å². The Bertz CT molecular complexity index is 1010. The number of halogens is 1. The SMILES string of the molecule is COc1cc2c(Oc3ccc(N)cc3F)ncnc2cc1OCC1CCNCC1. The summed E-state index contributed by atoms with van der Waals surface area (Å²) in [6.45, 7) is 2.64. The summed E-state index contributed by atoms with van der Waals surface area (Å²) in [6, 6.07) is 7.77. The van der Waals surface area contributed by atoms with Crippen LogP contribution in [0, 0.1) is 11.7 Å². The summed E-state index contributed by atoms with van der Waals surface area (Å²) >= 11 is 0. The van der Waals surface area contributed by atoms with E-state index in [0.29, 0.717) is 40.6 Å². The van der Waals surface area contributed by atoms with Crippen molar-refractivity contribution < 1.29 is 18.6 Å². The number of nitrogens with two attached hydrogens (primary N) is 1. The second-order valence-electron chi connectivity index (χ2n) is 7.00. The molecule has 29 heavy (non-hydrogen) atoms. The van der Waals surface area contributed by atoms with Crippen molar-refractivity contribution in [3.63, 3.8) is 0 Å². The number of nitrogens with zero attached hydrogens (tertiary/aromatic N) is 2. The first kappa shape index (κ1) is 19.2. The molecule has 2 heterocycles. The van der Waals surface area contributed by atoms with E-state index in [2.05, 4.69) is 15.3 Å². The van der Waals surface area contributed by atoms with Crippen LogP contribution in [0.2, 0.25) is 0 Å². The van der Waals surface area contributed by atoms with Gasteiger partial charge in [0, 0.05) is 17.8 Å². The average Bonchev–Trinajstić information content (AvgIpc) is 2.74. The molecule has 1 aromatic heterocycles. The van der Waals surface area contributed by atoms with Gasteiger partial charge in [-0.3, -0.25) is 0 Å². The fourth-order valence-electron chi connectivity index (χ4n) is 3.35. The minimum Gasteiger partial charge on any atom is -0.493 e. The maximum atomic E-state index is 14.1. The van der Waals surface area contributed by atoms with Gasteiger partial charge in [0.1, 0.15) is 6.33 Å². The summed E-state index contributed by atoms with van der Waals surface area (Å²) in [5.41, 5.74) is 6.53. The summed E-state index contributed by atoms with van der Waals surface area (Å²) in [5.74, 6) is 1.36. The number of ether oxygens (including phenoxy) is 3. The van der Waals surface area contributed by atoms with Gasteiger partial charge < -0.3 is 25.3 Å². The first-order valence-corrected chi connectivity index (χ1v) is 9.53. The number of methoxy groups -OCH3 is 1. The summed E-state index contributed by atoms with van der Waals surface area (Å²) in [7, 11) is 1.57. The molecule has 0 amide bonds. The van der Waals surface area contributed by atoms with Crippen LogP contribution in [0.25, 0.3) is 10.9 Å². The lowest BCUT2D eigenvalue weighted by atomic mass is 9.99. The number of hydrogen-bond donors (Lipinski definition) is 2. The number of benzene rings is 2. The minimum atomic E-state index is -0.564. The standard InChI is InChI=1S/C21H23FN4O3/c1-27-19-9-15-17(10-20(19)28-11-13-4-6-24-7-5-13)25-12-26-21(15)29-18-3-2-14(23)8-16(18)22/h2-3,8-10,12-13,24H,4-7,11,23H2,1H3. The molecule has 0 saturated carbocycles. The number of aromatic nitrogens is 2. The molecule has 0 radical (unpaired) electrons. The van der Waals surface area contributed by atoms with Crippen LogP contribution >= 0.6 is 0 Å². The Morgan fingerprint density at radius 1 is 1.10 bits per heavy atom. The largest absolute Gasteiger partial charge is 0.493 e. The van der Waals surface area contributed by atoms with Gasteiger partial charge in [0.25, 0.3) is 0 Å². The van der Waals surface area contributed by atoms with Gasteiger partial charge in [-0.1, -0.05) is 0 Å². The Morgan fingerprint density at radius 2 is 1.93 bits per heavy atom. The van der Waals surface area contributed by atoms with Crippen molar-refractivity contribution in [2.45, 2.75) is 12.8 Å². The minimum absolute atomic E-state index is 0.0319. The molecule has 0 spiro atoms. The Hall–Kier alpha value is -3.13. The third-order valence-corrected chi connectivity index (χ3v) is 4.98. The van der Waals surface area contributed by atoms with Crippen molar-refractivity contribution >= 4 is 16.6 Å². The van der Waals surface area contributed by atoms with E-state index >= 15 is 0 Å². The van der Waals surface area contributed by atoms with Crippen LogP contribution in [0.1, 0.15) is 12.8 Å². The molecule has 1 aliphatic heterocycles. The van der Waals surface area contributed by atoms with Crippen LogP contribution < -0.4 is 25.3 Å². The van der Waals surface area contributed by atoms with Crippen molar-refractivity contribution in [1.82, 2.24) is 15.3 Å². The number of fused-ring (bicyclic) bond motifs is 1. The Labute approximate surface area is 168 Å². The molecule has 0 bridgehead atoms. The third-order valence-electron chi connectivity index (χ3n) is 4.98. The van der Waals surface area contributed by atoms with E-state index in [-0.39, 0.29) is 11.6 Å². The number of piperidine rings is 1. The van der Waals surface area contributed by atoms with Crippen molar-refractivity contribution in [2.24, 2.45) is 5.92 Å². The van der Waals surface area contributed by atoms with Gasteiger partial charge >= 0.3 is 0 Å². The third kappa shape index (κ3) is 4.32. The molecule has 0 aliphatic carbocycles. The van der Waals surface area contributed by atoms with E-state index in [9.17, 15) is 4.39 Å². The summed E-state index contributed by atoms with van der Waals surface area (Å²) in [5, 5.41) is 3.94.